The highest BCUT2D eigenvalue weighted by atomic mass is 32.2. The van der Waals surface area contributed by atoms with Gasteiger partial charge in [-0.1, -0.05) is 6.07 Å². The number of carbonyl (C=O) groups excluding carboxylic acids is 1. The molecular formula is C12H18N2O4S. The Hall–Kier alpha value is -1.47. The van der Waals surface area contributed by atoms with Gasteiger partial charge in [-0.2, -0.15) is 0 Å². The molecule has 19 heavy (non-hydrogen) atoms. The lowest BCUT2D eigenvalue weighted by molar-refractivity contribution is -0.696. The molecule has 6 nitrogen and oxygen atoms in total. The van der Waals surface area contributed by atoms with Crippen LogP contribution in [0.3, 0.4) is 0 Å². The van der Waals surface area contributed by atoms with Crippen molar-refractivity contribution in [1.82, 2.24) is 4.90 Å². The molecule has 0 N–H and O–H groups in total. The van der Waals surface area contributed by atoms with E-state index >= 15 is 0 Å². The Morgan fingerprint density at radius 2 is 1.84 bits per heavy atom. The predicted molar refractivity (Wildman–Crippen MR) is 68.1 cm³/mol. The minimum atomic E-state index is -4.21. The van der Waals surface area contributed by atoms with Gasteiger partial charge >= 0.3 is 0 Å². The Morgan fingerprint density at radius 3 is 2.37 bits per heavy atom. The van der Waals surface area contributed by atoms with Gasteiger partial charge < -0.3 is 9.45 Å². The van der Waals surface area contributed by atoms with Gasteiger partial charge in [0.05, 0.1) is 16.7 Å². The Labute approximate surface area is 113 Å². The Kier molecular flexibility index (Phi) is 5.91. The molecule has 0 aliphatic carbocycles. The van der Waals surface area contributed by atoms with E-state index < -0.39 is 15.9 Å². The second-order valence-electron chi connectivity index (χ2n) is 4.23. The van der Waals surface area contributed by atoms with Crippen LogP contribution in [0.5, 0.6) is 0 Å². The van der Waals surface area contributed by atoms with E-state index in [2.05, 4.69) is 0 Å². The number of hydrogen-bond acceptors (Lipinski definition) is 4. The first-order chi connectivity index (χ1) is 8.88. The Morgan fingerprint density at radius 1 is 1.21 bits per heavy atom. The van der Waals surface area contributed by atoms with E-state index in [9.17, 15) is 17.8 Å². The van der Waals surface area contributed by atoms with Crippen molar-refractivity contribution in [3.8, 4) is 0 Å². The molecule has 0 radical (unpaired) electrons. The van der Waals surface area contributed by atoms with Crippen LogP contribution in [0.15, 0.2) is 30.6 Å². The van der Waals surface area contributed by atoms with Gasteiger partial charge in [0.1, 0.15) is 0 Å². The lowest BCUT2D eigenvalue weighted by atomic mass is 10.3. The molecule has 1 heterocycles. The highest BCUT2D eigenvalue weighted by Gasteiger charge is 2.11. The molecule has 0 spiro atoms. The standard InChI is InChI=1S/C12H18N2O4S/c1-12(15)14(8-5-11-19(16,17)18)10-9-13-6-3-2-4-7-13/h2-4,6-7H,5,8-11H2,1H3. The maximum atomic E-state index is 11.4. The van der Waals surface area contributed by atoms with Gasteiger partial charge in [-0.05, 0) is 6.42 Å². The van der Waals surface area contributed by atoms with E-state index in [4.69, 9.17) is 0 Å². The fourth-order valence-corrected chi connectivity index (χ4v) is 2.16. The van der Waals surface area contributed by atoms with Crippen LogP contribution >= 0.6 is 0 Å². The first-order valence-electron chi connectivity index (χ1n) is 6.01. The van der Waals surface area contributed by atoms with E-state index in [-0.39, 0.29) is 18.9 Å². The third-order valence-corrected chi connectivity index (χ3v) is 3.46. The van der Waals surface area contributed by atoms with E-state index in [0.29, 0.717) is 13.1 Å². The predicted octanol–water partition coefficient (Wildman–Crippen LogP) is -0.242. The fraction of sp³-hybridized carbons (Fsp3) is 0.500. The van der Waals surface area contributed by atoms with E-state index in [1.54, 1.807) is 4.90 Å². The summed E-state index contributed by atoms with van der Waals surface area (Å²) < 4.78 is 33.4. The maximum absolute atomic E-state index is 11.4. The Balaban J connectivity index is 2.43. The molecule has 106 valence electrons. The second kappa shape index (κ2) is 7.20. The van der Waals surface area contributed by atoms with Crippen molar-refractivity contribution in [3.63, 3.8) is 0 Å². The average Bonchev–Trinajstić information content (AvgIpc) is 2.33. The highest BCUT2D eigenvalue weighted by Crippen LogP contribution is 1.96. The van der Waals surface area contributed by atoms with Gasteiger partial charge in [-0.25, -0.2) is 13.0 Å². The van der Waals surface area contributed by atoms with Gasteiger partial charge in [-0.15, -0.1) is 0 Å². The third-order valence-electron chi connectivity index (χ3n) is 2.67. The summed E-state index contributed by atoms with van der Waals surface area (Å²) >= 11 is 0. The number of rotatable bonds is 7. The zero-order valence-corrected chi connectivity index (χ0v) is 11.7. The SMILES string of the molecule is CC(=O)N(CCCS(=O)(=O)[O-])CC[n+]1ccccc1. The smallest absolute Gasteiger partial charge is 0.219 e. The molecule has 0 unspecified atom stereocenters. The summed E-state index contributed by atoms with van der Waals surface area (Å²) in [5.41, 5.74) is 0. The largest absolute Gasteiger partial charge is 0.748 e. The summed E-state index contributed by atoms with van der Waals surface area (Å²) in [7, 11) is -4.21. The molecule has 7 heteroatoms. The topological polar surface area (TPSA) is 81.4 Å². The lowest BCUT2D eigenvalue weighted by Gasteiger charge is -2.19. The first-order valence-corrected chi connectivity index (χ1v) is 7.59. The second-order valence-corrected chi connectivity index (χ2v) is 5.76. The lowest BCUT2D eigenvalue weighted by Crippen LogP contribution is -2.42. The average molecular weight is 286 g/mol. The molecule has 0 bridgehead atoms. The van der Waals surface area contributed by atoms with E-state index in [0.717, 1.165) is 0 Å². The van der Waals surface area contributed by atoms with Gasteiger partial charge in [0.25, 0.3) is 0 Å². The van der Waals surface area contributed by atoms with Crippen molar-refractivity contribution >= 4 is 16.0 Å². The van der Waals surface area contributed by atoms with Crippen LogP contribution in [-0.4, -0.2) is 42.6 Å². The van der Waals surface area contributed by atoms with Crippen molar-refractivity contribution in [2.45, 2.75) is 19.9 Å². The van der Waals surface area contributed by atoms with Crippen LogP contribution in [0.2, 0.25) is 0 Å². The molecule has 1 rings (SSSR count). The van der Waals surface area contributed by atoms with Crippen molar-refractivity contribution in [3.05, 3.63) is 30.6 Å². The van der Waals surface area contributed by atoms with Crippen LogP contribution in [0, 0.1) is 0 Å². The zero-order valence-electron chi connectivity index (χ0n) is 10.9. The molecule has 1 aromatic rings. The molecule has 0 saturated carbocycles. The molecule has 1 amide bonds. The van der Waals surface area contributed by atoms with Crippen molar-refractivity contribution < 1.29 is 22.3 Å². The highest BCUT2D eigenvalue weighted by molar-refractivity contribution is 7.85. The number of aromatic nitrogens is 1. The third kappa shape index (κ3) is 6.88. The Bertz CT molecular complexity index is 502. The molecule has 0 aliphatic heterocycles. The van der Waals surface area contributed by atoms with E-state index in [1.807, 2.05) is 35.2 Å². The summed E-state index contributed by atoms with van der Waals surface area (Å²) in [6, 6.07) is 5.68. The number of nitrogens with zero attached hydrogens (tertiary/aromatic N) is 2. The zero-order chi connectivity index (χ0) is 14.3. The normalized spacial score (nSPS) is 11.3. The number of hydrogen-bond donors (Lipinski definition) is 0. The van der Waals surface area contributed by atoms with Crippen LogP contribution < -0.4 is 4.57 Å². The number of amides is 1. The summed E-state index contributed by atoms with van der Waals surface area (Å²) in [4.78, 5) is 13.0. The van der Waals surface area contributed by atoms with Crippen molar-refractivity contribution in [2.24, 2.45) is 0 Å². The van der Waals surface area contributed by atoms with Crippen LogP contribution in [0.4, 0.5) is 0 Å². The minimum absolute atomic E-state index is 0.125. The summed E-state index contributed by atoms with van der Waals surface area (Å²) in [5, 5.41) is 0. The van der Waals surface area contributed by atoms with Crippen LogP contribution in [0.25, 0.3) is 0 Å². The molecule has 0 aliphatic rings. The van der Waals surface area contributed by atoms with E-state index in [1.165, 1.54) is 6.92 Å². The summed E-state index contributed by atoms with van der Waals surface area (Å²) in [6.45, 7) is 2.83. The monoisotopic (exact) mass is 286 g/mol. The van der Waals surface area contributed by atoms with Gasteiger partial charge in [0.2, 0.25) is 5.91 Å². The van der Waals surface area contributed by atoms with Crippen molar-refractivity contribution in [1.29, 1.82) is 0 Å². The number of pyridine rings is 1. The molecule has 0 aromatic carbocycles. The van der Waals surface area contributed by atoms with Gasteiger partial charge in [0.15, 0.2) is 18.9 Å². The van der Waals surface area contributed by atoms with Gasteiger partial charge in [0, 0.05) is 31.4 Å². The molecular weight excluding hydrogens is 268 g/mol. The summed E-state index contributed by atoms with van der Waals surface area (Å²) in [6.07, 6.45) is 3.95. The number of carbonyl (C=O) groups is 1. The maximum Gasteiger partial charge on any atom is 0.219 e. The molecule has 0 atom stereocenters. The quantitative estimate of drug-likeness (QED) is 0.511. The molecule has 1 aromatic heterocycles. The fourth-order valence-electron chi connectivity index (χ4n) is 1.68. The van der Waals surface area contributed by atoms with Crippen LogP contribution in [-0.2, 0) is 21.5 Å². The summed E-state index contributed by atoms with van der Waals surface area (Å²) in [5.74, 6) is -0.560. The van der Waals surface area contributed by atoms with Crippen LogP contribution in [0.1, 0.15) is 13.3 Å². The minimum Gasteiger partial charge on any atom is -0.748 e. The van der Waals surface area contributed by atoms with Crippen molar-refractivity contribution in [2.75, 3.05) is 18.8 Å². The molecule has 0 saturated heterocycles. The van der Waals surface area contributed by atoms with Gasteiger partial charge in [-0.3, -0.25) is 4.79 Å². The first kappa shape index (κ1) is 15.6. The molecule has 0 fully saturated rings.